The van der Waals surface area contributed by atoms with Gasteiger partial charge in [0, 0.05) is 30.4 Å². The van der Waals surface area contributed by atoms with Crippen LogP contribution >= 0.6 is 0 Å². The molecule has 1 fully saturated rings. The van der Waals surface area contributed by atoms with E-state index < -0.39 is 0 Å². The van der Waals surface area contributed by atoms with Gasteiger partial charge in [-0.25, -0.2) is 4.98 Å². The predicted molar refractivity (Wildman–Crippen MR) is 94.3 cm³/mol. The Hall–Kier alpha value is -2.34. The average molecular weight is 325 g/mol. The first-order valence-corrected chi connectivity index (χ1v) is 8.58. The van der Waals surface area contributed by atoms with Crippen molar-refractivity contribution in [1.29, 1.82) is 0 Å². The van der Waals surface area contributed by atoms with E-state index in [1.54, 1.807) is 7.11 Å². The van der Waals surface area contributed by atoms with Crippen LogP contribution in [0.1, 0.15) is 25.8 Å². The molecule has 6 heteroatoms. The first kappa shape index (κ1) is 15.2. The number of piperidine rings is 1. The Labute approximate surface area is 141 Å². The average Bonchev–Trinajstić information content (AvgIpc) is 3.27. The number of aromatic nitrogens is 4. The van der Waals surface area contributed by atoms with Crippen molar-refractivity contribution in [2.24, 2.45) is 0 Å². The zero-order valence-electron chi connectivity index (χ0n) is 14.2. The normalized spacial score (nSPS) is 19.0. The van der Waals surface area contributed by atoms with Crippen LogP contribution in [-0.2, 0) is 0 Å². The number of H-pyrrole nitrogens is 1. The van der Waals surface area contributed by atoms with Crippen molar-refractivity contribution in [2.75, 3.05) is 26.7 Å². The smallest absolute Gasteiger partial charge is 0.161 e. The lowest BCUT2D eigenvalue weighted by Gasteiger charge is -2.33. The maximum atomic E-state index is 5.36. The highest BCUT2D eigenvalue weighted by atomic mass is 16.5. The van der Waals surface area contributed by atoms with Crippen molar-refractivity contribution in [3.05, 3.63) is 30.6 Å². The van der Waals surface area contributed by atoms with Crippen LogP contribution in [0.4, 0.5) is 0 Å². The Morgan fingerprint density at radius 3 is 3.12 bits per heavy atom. The molecule has 0 saturated carbocycles. The van der Waals surface area contributed by atoms with Gasteiger partial charge in [0.05, 0.1) is 12.6 Å². The molecular formula is C18H23N5O. The second-order valence-electron chi connectivity index (χ2n) is 6.33. The highest BCUT2D eigenvalue weighted by Crippen LogP contribution is 2.31. The summed E-state index contributed by atoms with van der Waals surface area (Å²) in [6.45, 7) is 5.60. The molecule has 1 saturated heterocycles. The lowest BCUT2D eigenvalue weighted by molar-refractivity contribution is 0.186. The Balaban J connectivity index is 1.74. The zero-order valence-corrected chi connectivity index (χ0v) is 14.2. The Kier molecular flexibility index (Phi) is 3.98. The van der Waals surface area contributed by atoms with Crippen LogP contribution < -0.4 is 4.74 Å². The summed E-state index contributed by atoms with van der Waals surface area (Å²) in [5.74, 6) is 1.76. The molecule has 1 aliphatic rings. The zero-order chi connectivity index (χ0) is 16.5. The molecule has 0 radical (unpaired) electrons. The van der Waals surface area contributed by atoms with Gasteiger partial charge in [-0.3, -0.25) is 5.10 Å². The number of likely N-dealkylation sites (tertiary alicyclic amines) is 1. The van der Waals surface area contributed by atoms with Crippen LogP contribution in [0.3, 0.4) is 0 Å². The van der Waals surface area contributed by atoms with Gasteiger partial charge in [-0.1, -0.05) is 6.92 Å². The number of rotatable bonds is 4. The summed E-state index contributed by atoms with van der Waals surface area (Å²) in [6, 6.07) is 6.41. The minimum Gasteiger partial charge on any atom is -0.497 e. The van der Waals surface area contributed by atoms with Crippen LogP contribution in [0.25, 0.3) is 22.4 Å². The minimum atomic E-state index is 0.452. The van der Waals surface area contributed by atoms with Gasteiger partial charge in [0.1, 0.15) is 11.4 Å². The highest BCUT2D eigenvalue weighted by Gasteiger charge is 2.24. The summed E-state index contributed by atoms with van der Waals surface area (Å²) in [7, 11) is 1.68. The fourth-order valence-electron chi connectivity index (χ4n) is 3.63. The number of ether oxygens (including phenoxy) is 1. The Bertz CT molecular complexity index is 837. The number of benzene rings is 1. The van der Waals surface area contributed by atoms with Crippen molar-refractivity contribution >= 4 is 10.9 Å². The lowest BCUT2D eigenvalue weighted by atomic mass is 10.1. The molecular weight excluding hydrogens is 302 g/mol. The number of imidazole rings is 1. The number of hydrogen-bond acceptors (Lipinski definition) is 4. The monoisotopic (exact) mass is 325 g/mol. The van der Waals surface area contributed by atoms with Gasteiger partial charge in [0.2, 0.25) is 0 Å². The second-order valence-corrected chi connectivity index (χ2v) is 6.33. The molecule has 24 heavy (non-hydrogen) atoms. The van der Waals surface area contributed by atoms with Crippen molar-refractivity contribution in [1.82, 2.24) is 24.6 Å². The lowest BCUT2D eigenvalue weighted by Crippen LogP contribution is -2.36. The summed E-state index contributed by atoms with van der Waals surface area (Å²) in [5, 5.41) is 8.69. The van der Waals surface area contributed by atoms with E-state index in [-0.39, 0.29) is 0 Å². The van der Waals surface area contributed by atoms with Crippen molar-refractivity contribution < 1.29 is 4.74 Å². The number of methoxy groups -OCH3 is 1. The quantitative estimate of drug-likeness (QED) is 0.801. The summed E-state index contributed by atoms with van der Waals surface area (Å²) in [4.78, 5) is 7.12. The first-order valence-electron chi connectivity index (χ1n) is 8.58. The molecule has 4 rings (SSSR count). The van der Waals surface area contributed by atoms with E-state index in [1.165, 1.54) is 19.4 Å². The third-order valence-corrected chi connectivity index (χ3v) is 4.97. The Morgan fingerprint density at radius 1 is 1.38 bits per heavy atom. The molecule has 3 aromatic rings. The van der Waals surface area contributed by atoms with E-state index in [0.717, 1.165) is 41.3 Å². The van der Waals surface area contributed by atoms with E-state index in [1.807, 2.05) is 24.4 Å². The highest BCUT2D eigenvalue weighted by molar-refractivity contribution is 5.92. The van der Waals surface area contributed by atoms with Gasteiger partial charge < -0.3 is 14.2 Å². The third-order valence-electron chi connectivity index (χ3n) is 4.97. The molecule has 0 aliphatic carbocycles. The molecule has 6 nitrogen and oxygen atoms in total. The van der Waals surface area contributed by atoms with E-state index in [9.17, 15) is 0 Å². The SMILES string of the molecule is CCN1CCCC(n2ccnc2-c2n[nH]c3ccc(OC)cc23)C1. The summed E-state index contributed by atoms with van der Waals surface area (Å²) < 4.78 is 7.65. The molecule has 1 aromatic carbocycles. The molecule has 1 unspecified atom stereocenters. The number of nitrogens with zero attached hydrogens (tertiary/aromatic N) is 4. The van der Waals surface area contributed by atoms with E-state index in [2.05, 4.69) is 37.8 Å². The molecule has 1 N–H and O–H groups in total. The maximum Gasteiger partial charge on any atom is 0.161 e. The van der Waals surface area contributed by atoms with E-state index in [4.69, 9.17) is 4.74 Å². The van der Waals surface area contributed by atoms with Gasteiger partial charge in [0.15, 0.2) is 5.82 Å². The van der Waals surface area contributed by atoms with Gasteiger partial charge >= 0.3 is 0 Å². The minimum absolute atomic E-state index is 0.452. The van der Waals surface area contributed by atoms with Gasteiger partial charge in [-0.15, -0.1) is 0 Å². The topological polar surface area (TPSA) is 59.0 Å². The molecule has 1 aliphatic heterocycles. The number of likely N-dealkylation sites (N-methyl/N-ethyl adjacent to an activating group) is 1. The molecule has 126 valence electrons. The fraction of sp³-hybridized carbons (Fsp3) is 0.444. The largest absolute Gasteiger partial charge is 0.497 e. The molecule has 0 spiro atoms. The summed E-state index contributed by atoms with van der Waals surface area (Å²) in [6.07, 6.45) is 6.37. The van der Waals surface area contributed by atoms with E-state index in [0.29, 0.717) is 6.04 Å². The van der Waals surface area contributed by atoms with Crippen molar-refractivity contribution in [3.8, 4) is 17.3 Å². The van der Waals surface area contributed by atoms with Crippen molar-refractivity contribution in [2.45, 2.75) is 25.8 Å². The first-order chi connectivity index (χ1) is 11.8. The predicted octanol–water partition coefficient (Wildman–Crippen LogP) is 3.09. The van der Waals surface area contributed by atoms with Crippen LogP contribution in [0.15, 0.2) is 30.6 Å². The third kappa shape index (κ3) is 2.57. The van der Waals surface area contributed by atoms with Gasteiger partial charge in [-0.2, -0.15) is 5.10 Å². The Morgan fingerprint density at radius 2 is 2.29 bits per heavy atom. The van der Waals surface area contributed by atoms with Crippen LogP contribution in [0, 0.1) is 0 Å². The van der Waals surface area contributed by atoms with Crippen LogP contribution in [-0.4, -0.2) is 51.4 Å². The van der Waals surface area contributed by atoms with Crippen LogP contribution in [0.5, 0.6) is 5.75 Å². The molecule has 1 atom stereocenters. The summed E-state index contributed by atoms with van der Waals surface area (Å²) >= 11 is 0. The van der Waals surface area contributed by atoms with Gasteiger partial charge in [0.25, 0.3) is 0 Å². The van der Waals surface area contributed by atoms with Gasteiger partial charge in [-0.05, 0) is 44.1 Å². The fourth-order valence-corrected chi connectivity index (χ4v) is 3.63. The van der Waals surface area contributed by atoms with Crippen LogP contribution in [0.2, 0.25) is 0 Å². The standard InChI is InChI=1S/C18H23N5O/c1-3-22-9-4-5-13(12-22)23-10-8-19-18(23)17-15-11-14(24-2)6-7-16(15)20-21-17/h6-8,10-11,13H,3-5,9,12H2,1-2H3,(H,20,21). The maximum absolute atomic E-state index is 5.36. The number of aromatic amines is 1. The molecule has 0 bridgehead atoms. The summed E-state index contributed by atoms with van der Waals surface area (Å²) in [5.41, 5.74) is 1.89. The van der Waals surface area contributed by atoms with Crippen molar-refractivity contribution in [3.63, 3.8) is 0 Å². The molecule has 2 aromatic heterocycles. The number of hydrogen-bond donors (Lipinski definition) is 1. The van der Waals surface area contributed by atoms with E-state index >= 15 is 0 Å². The molecule has 0 amide bonds. The second kappa shape index (κ2) is 6.28. The number of nitrogens with one attached hydrogen (secondary N) is 1. The number of fused-ring (bicyclic) bond motifs is 1. The molecule has 3 heterocycles.